The van der Waals surface area contributed by atoms with Gasteiger partial charge in [0.1, 0.15) is 4.71 Å². The SMILES string of the molecule is CN1c2ccccc2SC1SCc1ccccc1.O=S(=O)(O)O. The van der Waals surface area contributed by atoms with E-state index in [1.165, 1.54) is 16.1 Å². The second kappa shape index (κ2) is 8.07. The maximum absolute atomic E-state index is 8.74. The molecule has 0 saturated carbocycles. The zero-order valence-electron chi connectivity index (χ0n) is 12.4. The lowest BCUT2D eigenvalue weighted by Crippen LogP contribution is -2.21. The Morgan fingerprint density at radius 1 is 1.09 bits per heavy atom. The van der Waals surface area contributed by atoms with E-state index in [1.807, 2.05) is 23.5 Å². The Hall–Kier alpha value is -1.19. The van der Waals surface area contributed by atoms with Gasteiger partial charge >= 0.3 is 10.4 Å². The van der Waals surface area contributed by atoms with E-state index in [4.69, 9.17) is 17.5 Å². The molecule has 3 rings (SSSR count). The van der Waals surface area contributed by atoms with Crippen molar-refractivity contribution in [1.82, 2.24) is 0 Å². The summed E-state index contributed by atoms with van der Waals surface area (Å²) < 4.78 is 32.1. The first kappa shape index (κ1) is 18.2. The van der Waals surface area contributed by atoms with Gasteiger partial charge in [-0.1, -0.05) is 54.2 Å². The average molecular weight is 372 g/mol. The molecule has 23 heavy (non-hydrogen) atoms. The van der Waals surface area contributed by atoms with E-state index < -0.39 is 10.4 Å². The van der Waals surface area contributed by atoms with Crippen LogP contribution >= 0.6 is 23.5 Å². The zero-order valence-corrected chi connectivity index (χ0v) is 14.8. The van der Waals surface area contributed by atoms with Crippen LogP contribution in [0, 0.1) is 0 Å². The van der Waals surface area contributed by atoms with Gasteiger partial charge in [0.05, 0.1) is 5.69 Å². The number of benzene rings is 2. The van der Waals surface area contributed by atoms with E-state index >= 15 is 0 Å². The van der Waals surface area contributed by atoms with Crippen molar-refractivity contribution in [2.75, 3.05) is 11.9 Å². The quantitative estimate of drug-likeness (QED) is 0.795. The standard InChI is InChI=1S/C15H15NS2.H2O4S/c1-16-13-9-5-6-10-14(13)18-15(16)17-11-12-7-3-2-4-8-12;1-5(2,3)4/h2-10,15H,11H2,1H3;(H2,1,2,3,4). The molecule has 1 atom stereocenters. The fourth-order valence-electron chi connectivity index (χ4n) is 2.04. The van der Waals surface area contributed by atoms with Gasteiger partial charge in [-0.2, -0.15) is 8.42 Å². The lowest BCUT2D eigenvalue weighted by molar-refractivity contribution is 0.381. The van der Waals surface area contributed by atoms with E-state index in [1.54, 1.807) is 0 Å². The third kappa shape index (κ3) is 6.08. The van der Waals surface area contributed by atoms with E-state index in [0.29, 0.717) is 4.71 Å². The Morgan fingerprint density at radius 3 is 2.26 bits per heavy atom. The minimum atomic E-state index is -4.67. The predicted octanol–water partition coefficient (Wildman–Crippen LogP) is 3.79. The second-order valence-corrected chi connectivity index (χ2v) is 8.13. The minimum Gasteiger partial charge on any atom is -0.353 e. The largest absolute Gasteiger partial charge is 0.394 e. The highest BCUT2D eigenvalue weighted by Gasteiger charge is 2.26. The molecule has 0 fully saturated rings. The molecule has 0 saturated heterocycles. The van der Waals surface area contributed by atoms with Gasteiger partial charge in [-0.3, -0.25) is 9.11 Å². The molecule has 0 radical (unpaired) electrons. The maximum Gasteiger partial charge on any atom is 0.394 e. The molecule has 124 valence electrons. The van der Waals surface area contributed by atoms with Crippen LogP contribution in [0.5, 0.6) is 0 Å². The van der Waals surface area contributed by atoms with Crippen molar-refractivity contribution in [3.8, 4) is 0 Å². The van der Waals surface area contributed by atoms with Gasteiger partial charge in [-0.05, 0) is 17.7 Å². The summed E-state index contributed by atoms with van der Waals surface area (Å²) in [6, 6.07) is 19.3. The van der Waals surface area contributed by atoms with Gasteiger partial charge in [-0.25, -0.2) is 0 Å². The molecule has 0 amide bonds. The van der Waals surface area contributed by atoms with Gasteiger partial charge in [0.25, 0.3) is 0 Å². The summed E-state index contributed by atoms with van der Waals surface area (Å²) >= 11 is 3.94. The summed E-state index contributed by atoms with van der Waals surface area (Å²) in [7, 11) is -2.48. The summed E-state index contributed by atoms with van der Waals surface area (Å²) in [4.78, 5) is 3.76. The lowest BCUT2D eigenvalue weighted by atomic mass is 10.2. The molecule has 0 aliphatic carbocycles. The Labute approximate surface area is 144 Å². The molecule has 0 aromatic heterocycles. The average Bonchev–Trinajstić information content (AvgIpc) is 2.82. The fraction of sp³-hybridized carbons (Fsp3) is 0.200. The van der Waals surface area contributed by atoms with Crippen LogP contribution in [0.4, 0.5) is 5.69 Å². The molecule has 0 bridgehead atoms. The molecule has 2 aromatic carbocycles. The summed E-state index contributed by atoms with van der Waals surface area (Å²) in [5.74, 6) is 1.07. The molecule has 1 unspecified atom stereocenters. The van der Waals surface area contributed by atoms with Gasteiger partial charge < -0.3 is 4.90 Å². The molecule has 1 aliphatic heterocycles. The highest BCUT2D eigenvalue weighted by atomic mass is 32.3. The molecule has 5 nitrogen and oxygen atoms in total. The van der Waals surface area contributed by atoms with Gasteiger partial charge in [0, 0.05) is 17.7 Å². The van der Waals surface area contributed by atoms with Crippen molar-refractivity contribution in [3.63, 3.8) is 0 Å². The van der Waals surface area contributed by atoms with Crippen molar-refractivity contribution in [2.24, 2.45) is 0 Å². The van der Waals surface area contributed by atoms with Crippen LogP contribution in [0.2, 0.25) is 0 Å². The molecule has 8 heteroatoms. The molecule has 1 heterocycles. The normalized spacial score (nSPS) is 16.5. The Morgan fingerprint density at radius 2 is 1.65 bits per heavy atom. The third-order valence-electron chi connectivity index (χ3n) is 3.02. The Balaban J connectivity index is 0.000000338. The van der Waals surface area contributed by atoms with Gasteiger partial charge in [-0.15, -0.1) is 11.8 Å². The van der Waals surface area contributed by atoms with E-state index in [9.17, 15) is 0 Å². The van der Waals surface area contributed by atoms with Crippen LogP contribution < -0.4 is 4.90 Å². The highest BCUT2D eigenvalue weighted by molar-refractivity contribution is 8.17. The van der Waals surface area contributed by atoms with Gasteiger partial charge in [0.15, 0.2) is 0 Å². The molecule has 1 aliphatic rings. The predicted molar refractivity (Wildman–Crippen MR) is 96.4 cm³/mol. The molecule has 2 aromatic rings. The number of hydrogen-bond acceptors (Lipinski definition) is 5. The third-order valence-corrected chi connectivity index (χ3v) is 5.94. The highest BCUT2D eigenvalue weighted by Crippen LogP contribution is 2.47. The second-order valence-electron chi connectivity index (χ2n) is 4.75. The van der Waals surface area contributed by atoms with Crippen LogP contribution in [0.15, 0.2) is 59.5 Å². The van der Waals surface area contributed by atoms with Crippen molar-refractivity contribution in [1.29, 1.82) is 0 Å². The molecule has 0 spiro atoms. The van der Waals surface area contributed by atoms with Crippen LogP contribution in [-0.2, 0) is 16.2 Å². The fourth-order valence-corrected chi connectivity index (χ4v) is 4.67. The summed E-state index contributed by atoms with van der Waals surface area (Å²) in [6.45, 7) is 0. The maximum atomic E-state index is 8.74. The number of nitrogens with zero attached hydrogens (tertiary/aromatic N) is 1. The van der Waals surface area contributed by atoms with Crippen LogP contribution in [-0.4, -0.2) is 29.3 Å². The number of rotatable bonds is 3. The molecular weight excluding hydrogens is 354 g/mol. The summed E-state index contributed by atoms with van der Waals surface area (Å²) in [5, 5.41) is 0. The van der Waals surface area contributed by atoms with E-state index in [-0.39, 0.29) is 0 Å². The zero-order chi connectivity index (χ0) is 16.9. The van der Waals surface area contributed by atoms with Crippen molar-refractivity contribution >= 4 is 39.6 Å². The van der Waals surface area contributed by atoms with Crippen LogP contribution in [0.25, 0.3) is 0 Å². The van der Waals surface area contributed by atoms with Crippen molar-refractivity contribution in [2.45, 2.75) is 15.4 Å². The first-order valence-corrected chi connectivity index (χ1v) is 10.0. The molecular formula is C15H17NO4S3. The summed E-state index contributed by atoms with van der Waals surface area (Å²) in [5.41, 5.74) is 2.75. The van der Waals surface area contributed by atoms with Crippen LogP contribution in [0.1, 0.15) is 5.56 Å². The van der Waals surface area contributed by atoms with Crippen molar-refractivity contribution in [3.05, 3.63) is 60.2 Å². The molecule has 2 N–H and O–H groups in total. The van der Waals surface area contributed by atoms with Crippen LogP contribution in [0.3, 0.4) is 0 Å². The number of para-hydroxylation sites is 1. The number of thioether (sulfide) groups is 2. The first-order valence-electron chi connectivity index (χ1n) is 6.68. The monoisotopic (exact) mass is 371 g/mol. The smallest absolute Gasteiger partial charge is 0.353 e. The Kier molecular flexibility index (Phi) is 6.37. The van der Waals surface area contributed by atoms with E-state index in [2.05, 4.69) is 66.5 Å². The van der Waals surface area contributed by atoms with Gasteiger partial charge in [0.2, 0.25) is 0 Å². The lowest BCUT2D eigenvalue weighted by Gasteiger charge is -2.20. The number of fused-ring (bicyclic) bond motifs is 1. The number of hydrogen-bond donors (Lipinski definition) is 2. The Bertz CT molecular complexity index is 729. The topological polar surface area (TPSA) is 77.8 Å². The first-order chi connectivity index (χ1) is 10.8. The van der Waals surface area contributed by atoms with Crippen molar-refractivity contribution < 1.29 is 17.5 Å². The summed E-state index contributed by atoms with van der Waals surface area (Å²) in [6.07, 6.45) is 0. The van der Waals surface area contributed by atoms with E-state index in [0.717, 1.165) is 5.75 Å². The minimum absolute atomic E-state index is 0.489. The number of anilines is 1.